The van der Waals surface area contributed by atoms with Crippen LogP contribution in [0.3, 0.4) is 0 Å². The van der Waals surface area contributed by atoms with Crippen molar-refractivity contribution >= 4 is 5.91 Å². The van der Waals surface area contributed by atoms with Gasteiger partial charge >= 0.3 is 0 Å². The zero-order chi connectivity index (χ0) is 11.1. The van der Waals surface area contributed by atoms with E-state index in [2.05, 4.69) is 18.7 Å². The first kappa shape index (κ1) is 13.4. The molecule has 0 bridgehead atoms. The third-order valence-electron chi connectivity index (χ3n) is 2.06. The van der Waals surface area contributed by atoms with Crippen molar-refractivity contribution in [1.29, 1.82) is 0 Å². The summed E-state index contributed by atoms with van der Waals surface area (Å²) in [6.45, 7) is 8.87. The van der Waals surface area contributed by atoms with E-state index in [1.807, 2.05) is 25.9 Å². The third-order valence-corrected chi connectivity index (χ3v) is 2.06. The van der Waals surface area contributed by atoms with E-state index < -0.39 is 0 Å². The van der Waals surface area contributed by atoms with Crippen LogP contribution in [0.4, 0.5) is 0 Å². The zero-order valence-corrected chi connectivity index (χ0v) is 10.2. The first-order valence-electron chi connectivity index (χ1n) is 5.39. The maximum Gasteiger partial charge on any atom is 0.222 e. The summed E-state index contributed by atoms with van der Waals surface area (Å²) in [5.74, 6) is 0.813. The van der Waals surface area contributed by atoms with Crippen molar-refractivity contribution in [3.63, 3.8) is 0 Å². The molecule has 0 aliphatic rings. The normalized spacial score (nSPS) is 11.1. The Labute approximate surface area is 88.1 Å². The number of carbonyl (C=O) groups is 1. The Morgan fingerprint density at radius 3 is 2.14 bits per heavy atom. The summed E-state index contributed by atoms with van der Waals surface area (Å²) < 4.78 is 0. The van der Waals surface area contributed by atoms with Crippen molar-refractivity contribution in [2.45, 2.75) is 27.2 Å². The highest BCUT2D eigenvalue weighted by molar-refractivity contribution is 5.75. The molecule has 0 radical (unpaired) electrons. The molecule has 0 aromatic heterocycles. The van der Waals surface area contributed by atoms with Crippen LogP contribution in [0.2, 0.25) is 0 Å². The van der Waals surface area contributed by atoms with Gasteiger partial charge in [0.15, 0.2) is 0 Å². The Morgan fingerprint density at radius 1 is 1.21 bits per heavy atom. The molecule has 0 rings (SSSR count). The molecule has 3 heteroatoms. The fourth-order valence-electron chi connectivity index (χ4n) is 1.30. The lowest BCUT2D eigenvalue weighted by Gasteiger charge is -2.25. The molecule has 0 saturated carbocycles. The quantitative estimate of drug-likeness (QED) is 0.648. The lowest BCUT2D eigenvalue weighted by atomic mass is 10.2. The molecule has 0 saturated heterocycles. The van der Waals surface area contributed by atoms with Crippen LogP contribution in [0.25, 0.3) is 0 Å². The Morgan fingerprint density at radius 2 is 1.79 bits per heavy atom. The lowest BCUT2D eigenvalue weighted by molar-refractivity contribution is -0.131. The van der Waals surface area contributed by atoms with Gasteiger partial charge in [0, 0.05) is 26.1 Å². The number of hydrogen-bond donors (Lipinski definition) is 0. The molecule has 0 fully saturated rings. The van der Waals surface area contributed by atoms with E-state index in [9.17, 15) is 4.79 Å². The Hall–Kier alpha value is -0.570. The van der Waals surface area contributed by atoms with Gasteiger partial charge in [0.05, 0.1) is 0 Å². The fraction of sp³-hybridized carbons (Fsp3) is 0.909. The van der Waals surface area contributed by atoms with Crippen LogP contribution in [-0.2, 0) is 4.79 Å². The average molecular weight is 200 g/mol. The van der Waals surface area contributed by atoms with E-state index >= 15 is 0 Å². The van der Waals surface area contributed by atoms with Gasteiger partial charge in [-0.15, -0.1) is 0 Å². The third kappa shape index (κ3) is 5.97. The van der Waals surface area contributed by atoms with E-state index in [-0.39, 0.29) is 5.91 Å². The van der Waals surface area contributed by atoms with Gasteiger partial charge in [0.2, 0.25) is 5.91 Å². The summed E-state index contributed by atoms with van der Waals surface area (Å²) in [4.78, 5) is 15.6. The minimum atomic E-state index is 0.264. The molecule has 0 aromatic carbocycles. The molecule has 0 aliphatic heterocycles. The lowest BCUT2D eigenvalue weighted by Crippen LogP contribution is -2.38. The van der Waals surface area contributed by atoms with Gasteiger partial charge in [-0.05, 0) is 20.0 Å². The summed E-state index contributed by atoms with van der Waals surface area (Å²) in [6.07, 6.45) is 0.611. The molecule has 0 unspecified atom stereocenters. The van der Waals surface area contributed by atoms with Crippen LogP contribution < -0.4 is 0 Å². The van der Waals surface area contributed by atoms with Crippen LogP contribution in [0.1, 0.15) is 27.2 Å². The number of nitrogens with zero attached hydrogens (tertiary/aromatic N) is 2. The number of rotatable bonds is 6. The van der Waals surface area contributed by atoms with Gasteiger partial charge in [-0.2, -0.15) is 0 Å². The molecule has 3 nitrogen and oxygen atoms in total. The number of amides is 1. The first-order chi connectivity index (χ1) is 6.47. The Balaban J connectivity index is 4.04. The molecule has 0 N–H and O–H groups in total. The van der Waals surface area contributed by atoms with Crippen LogP contribution in [0, 0.1) is 5.92 Å². The molecule has 14 heavy (non-hydrogen) atoms. The molecule has 0 atom stereocenters. The highest BCUT2D eigenvalue weighted by Crippen LogP contribution is 2.01. The highest BCUT2D eigenvalue weighted by atomic mass is 16.2. The van der Waals surface area contributed by atoms with Crippen molar-refractivity contribution in [2.75, 3.05) is 33.7 Å². The second-order valence-corrected chi connectivity index (χ2v) is 4.39. The molecular weight excluding hydrogens is 176 g/mol. The molecular formula is C11H24N2O. The number of carbonyl (C=O) groups excluding carboxylic acids is 1. The van der Waals surface area contributed by atoms with Crippen LogP contribution in [0.5, 0.6) is 0 Å². The average Bonchev–Trinajstić information content (AvgIpc) is 2.10. The zero-order valence-electron chi connectivity index (χ0n) is 10.2. The molecule has 0 aliphatic carbocycles. The predicted molar refractivity (Wildman–Crippen MR) is 60.3 cm³/mol. The van der Waals surface area contributed by atoms with Gasteiger partial charge in [0.25, 0.3) is 0 Å². The van der Waals surface area contributed by atoms with Crippen molar-refractivity contribution in [3.05, 3.63) is 0 Å². The number of likely N-dealkylation sites (N-methyl/N-ethyl adjacent to an activating group) is 1. The van der Waals surface area contributed by atoms with Gasteiger partial charge in [-0.1, -0.05) is 20.8 Å². The second-order valence-electron chi connectivity index (χ2n) is 4.39. The van der Waals surface area contributed by atoms with Crippen LogP contribution >= 0.6 is 0 Å². The SMILES string of the molecule is CCC(=O)N(CCN(C)C)CC(C)C. The predicted octanol–water partition coefficient (Wildman–Crippen LogP) is 1.44. The standard InChI is InChI=1S/C11H24N2O/c1-6-11(14)13(9-10(2)3)8-7-12(4)5/h10H,6-9H2,1-5H3. The van der Waals surface area contributed by atoms with E-state index in [4.69, 9.17) is 0 Å². The molecule has 84 valence electrons. The molecule has 0 heterocycles. The largest absolute Gasteiger partial charge is 0.341 e. The maximum atomic E-state index is 11.6. The van der Waals surface area contributed by atoms with E-state index in [0.717, 1.165) is 19.6 Å². The first-order valence-corrected chi connectivity index (χ1v) is 5.39. The van der Waals surface area contributed by atoms with E-state index in [1.54, 1.807) is 0 Å². The minimum absolute atomic E-state index is 0.264. The number of hydrogen-bond acceptors (Lipinski definition) is 2. The Bertz CT molecular complexity index is 167. The van der Waals surface area contributed by atoms with Crippen molar-refractivity contribution < 1.29 is 4.79 Å². The van der Waals surface area contributed by atoms with Gasteiger partial charge in [0.1, 0.15) is 0 Å². The van der Waals surface area contributed by atoms with Gasteiger partial charge in [-0.25, -0.2) is 0 Å². The Kier molecular flexibility index (Phi) is 6.54. The van der Waals surface area contributed by atoms with Crippen LogP contribution in [0.15, 0.2) is 0 Å². The highest BCUT2D eigenvalue weighted by Gasteiger charge is 2.12. The summed E-state index contributed by atoms with van der Waals surface area (Å²) in [7, 11) is 4.06. The summed E-state index contributed by atoms with van der Waals surface area (Å²) in [5, 5.41) is 0. The smallest absolute Gasteiger partial charge is 0.222 e. The monoisotopic (exact) mass is 200 g/mol. The summed E-state index contributed by atoms with van der Waals surface area (Å²) in [6, 6.07) is 0. The van der Waals surface area contributed by atoms with Gasteiger partial charge in [-0.3, -0.25) is 4.79 Å². The molecule has 1 amide bonds. The van der Waals surface area contributed by atoms with Crippen molar-refractivity contribution in [3.8, 4) is 0 Å². The summed E-state index contributed by atoms with van der Waals surface area (Å²) in [5.41, 5.74) is 0. The van der Waals surface area contributed by atoms with Crippen molar-refractivity contribution in [1.82, 2.24) is 9.80 Å². The van der Waals surface area contributed by atoms with E-state index in [0.29, 0.717) is 12.3 Å². The molecule has 0 aromatic rings. The van der Waals surface area contributed by atoms with Crippen LogP contribution in [-0.4, -0.2) is 49.4 Å². The summed E-state index contributed by atoms with van der Waals surface area (Å²) >= 11 is 0. The maximum absolute atomic E-state index is 11.6. The van der Waals surface area contributed by atoms with Crippen molar-refractivity contribution in [2.24, 2.45) is 5.92 Å². The van der Waals surface area contributed by atoms with E-state index in [1.165, 1.54) is 0 Å². The minimum Gasteiger partial charge on any atom is -0.341 e. The topological polar surface area (TPSA) is 23.6 Å². The second kappa shape index (κ2) is 6.82. The molecule has 0 spiro atoms. The fourth-order valence-corrected chi connectivity index (χ4v) is 1.30. The van der Waals surface area contributed by atoms with Gasteiger partial charge < -0.3 is 9.80 Å².